The van der Waals surface area contributed by atoms with Crippen LogP contribution in [0.2, 0.25) is 0 Å². The molecule has 1 N–H and O–H groups in total. The third kappa shape index (κ3) is 7.78. The average molecular weight is 365 g/mol. The van der Waals surface area contributed by atoms with Crippen LogP contribution >= 0.6 is 0 Å². The summed E-state index contributed by atoms with van der Waals surface area (Å²) in [5, 5.41) is 2.24. The first-order valence-corrected chi connectivity index (χ1v) is 8.22. The van der Waals surface area contributed by atoms with Crippen molar-refractivity contribution in [2.45, 2.75) is 38.8 Å². The highest BCUT2D eigenvalue weighted by molar-refractivity contribution is 6.32. The monoisotopic (exact) mass is 365 g/mol. The van der Waals surface area contributed by atoms with E-state index in [-0.39, 0.29) is 32.5 Å². The maximum atomic E-state index is 11.8. The Hall–Kier alpha value is -2.90. The highest BCUT2D eigenvalue weighted by atomic mass is 16.5. The summed E-state index contributed by atoms with van der Waals surface area (Å²) in [6.07, 6.45) is 0.463. The first-order valence-electron chi connectivity index (χ1n) is 8.22. The van der Waals surface area contributed by atoms with Crippen molar-refractivity contribution in [2.24, 2.45) is 0 Å². The molecule has 0 fully saturated rings. The summed E-state index contributed by atoms with van der Waals surface area (Å²) in [6.45, 7) is 1.77. The fourth-order valence-electron chi connectivity index (χ4n) is 2.07. The molecule has 0 aliphatic heterocycles. The third-order valence-corrected chi connectivity index (χ3v) is 3.37. The Kier molecular flexibility index (Phi) is 9.45. The van der Waals surface area contributed by atoms with Gasteiger partial charge >= 0.3 is 23.8 Å². The predicted octanol–water partition coefficient (Wildman–Crippen LogP) is 1.12. The minimum Gasteiger partial charge on any atom is -0.467 e. The molecule has 8 nitrogen and oxygen atoms in total. The van der Waals surface area contributed by atoms with E-state index in [0.717, 1.165) is 5.56 Å². The quantitative estimate of drug-likeness (QED) is 0.397. The molecule has 0 aromatic heterocycles. The van der Waals surface area contributed by atoms with Gasteiger partial charge in [0.1, 0.15) is 12.6 Å². The van der Waals surface area contributed by atoms with Crippen molar-refractivity contribution in [1.29, 1.82) is 0 Å². The molecule has 0 saturated heterocycles. The van der Waals surface area contributed by atoms with Gasteiger partial charge in [0.25, 0.3) is 0 Å². The van der Waals surface area contributed by atoms with Crippen LogP contribution < -0.4 is 5.32 Å². The van der Waals surface area contributed by atoms with Crippen LogP contribution in [-0.2, 0) is 40.0 Å². The van der Waals surface area contributed by atoms with Gasteiger partial charge in [0.05, 0.1) is 13.7 Å². The van der Waals surface area contributed by atoms with Crippen molar-refractivity contribution in [3.63, 3.8) is 0 Å². The van der Waals surface area contributed by atoms with Crippen LogP contribution in [0.25, 0.3) is 0 Å². The van der Waals surface area contributed by atoms with Gasteiger partial charge in [-0.25, -0.2) is 9.59 Å². The molecule has 1 unspecified atom stereocenters. The van der Waals surface area contributed by atoms with Gasteiger partial charge in [0.15, 0.2) is 0 Å². The van der Waals surface area contributed by atoms with Crippen molar-refractivity contribution >= 4 is 23.8 Å². The molecule has 1 aromatic rings. The van der Waals surface area contributed by atoms with E-state index in [1.54, 1.807) is 6.92 Å². The van der Waals surface area contributed by atoms with Gasteiger partial charge in [-0.05, 0) is 25.3 Å². The van der Waals surface area contributed by atoms with Crippen LogP contribution in [0.1, 0.15) is 31.7 Å². The number of ether oxygens (including phenoxy) is 3. The second-order valence-electron chi connectivity index (χ2n) is 5.31. The lowest BCUT2D eigenvalue weighted by Gasteiger charge is -2.15. The van der Waals surface area contributed by atoms with E-state index in [1.165, 1.54) is 7.11 Å². The fraction of sp³-hybridized carbons (Fsp3) is 0.444. The van der Waals surface area contributed by atoms with Crippen molar-refractivity contribution in [3.8, 4) is 0 Å². The third-order valence-electron chi connectivity index (χ3n) is 3.37. The molecular weight excluding hydrogens is 342 g/mol. The molecule has 1 amide bonds. The van der Waals surface area contributed by atoms with Crippen molar-refractivity contribution in [1.82, 2.24) is 5.32 Å². The minimum atomic E-state index is -1.08. The summed E-state index contributed by atoms with van der Waals surface area (Å²) in [4.78, 5) is 46.4. The molecule has 142 valence electrons. The Labute approximate surface area is 151 Å². The van der Waals surface area contributed by atoms with Gasteiger partial charge in [-0.15, -0.1) is 0 Å². The average Bonchev–Trinajstić information content (AvgIpc) is 2.65. The summed E-state index contributed by atoms with van der Waals surface area (Å²) in [5.41, 5.74) is 0.870. The van der Waals surface area contributed by atoms with E-state index in [1.807, 2.05) is 30.3 Å². The van der Waals surface area contributed by atoms with Crippen LogP contribution in [0, 0.1) is 0 Å². The number of amides is 1. The second kappa shape index (κ2) is 11.6. The fourth-order valence-corrected chi connectivity index (χ4v) is 2.07. The maximum Gasteiger partial charge on any atom is 0.396 e. The molecule has 0 aliphatic rings. The van der Waals surface area contributed by atoms with Gasteiger partial charge in [-0.2, -0.15) is 0 Å². The maximum absolute atomic E-state index is 11.8. The minimum absolute atomic E-state index is 0.0440. The number of hydrogen-bond donors (Lipinski definition) is 1. The number of rotatable bonds is 9. The molecule has 1 atom stereocenters. The highest BCUT2D eigenvalue weighted by Gasteiger charge is 2.25. The molecule has 0 saturated carbocycles. The van der Waals surface area contributed by atoms with Crippen molar-refractivity contribution in [2.75, 3.05) is 13.7 Å². The Bertz CT molecular complexity index is 615. The standard InChI is InChI=1S/C18H23NO7/c1-3-25-18(23)16(21)19-14(17(22)24-2)10-7-11-15(20)26-12-13-8-5-4-6-9-13/h4-6,8-9,14H,3,7,10-12H2,1-2H3,(H,19,21). The molecule has 1 rings (SSSR count). The normalized spacial score (nSPS) is 11.2. The molecule has 26 heavy (non-hydrogen) atoms. The van der Waals surface area contributed by atoms with Crippen LogP contribution in [0.15, 0.2) is 30.3 Å². The summed E-state index contributed by atoms with van der Waals surface area (Å²) >= 11 is 0. The lowest BCUT2D eigenvalue weighted by atomic mass is 10.1. The first-order chi connectivity index (χ1) is 12.5. The topological polar surface area (TPSA) is 108 Å². The highest BCUT2D eigenvalue weighted by Crippen LogP contribution is 2.07. The van der Waals surface area contributed by atoms with Gasteiger partial charge in [0.2, 0.25) is 0 Å². The Morgan fingerprint density at radius 2 is 1.77 bits per heavy atom. The molecule has 8 heteroatoms. The number of carbonyl (C=O) groups excluding carboxylic acids is 4. The number of nitrogens with one attached hydrogen (secondary N) is 1. The van der Waals surface area contributed by atoms with Crippen LogP contribution in [0.4, 0.5) is 0 Å². The zero-order valence-corrected chi connectivity index (χ0v) is 14.9. The number of benzene rings is 1. The molecule has 0 heterocycles. The number of esters is 3. The lowest BCUT2D eigenvalue weighted by Crippen LogP contribution is -2.45. The lowest BCUT2D eigenvalue weighted by molar-refractivity contribution is -0.156. The van der Waals surface area contributed by atoms with Crippen LogP contribution in [-0.4, -0.2) is 43.6 Å². The second-order valence-corrected chi connectivity index (χ2v) is 5.31. The molecule has 0 bridgehead atoms. The van der Waals surface area contributed by atoms with Crippen molar-refractivity contribution in [3.05, 3.63) is 35.9 Å². The molecule has 0 radical (unpaired) electrons. The summed E-state index contributed by atoms with van der Waals surface area (Å²) in [7, 11) is 1.17. The van der Waals surface area contributed by atoms with E-state index in [4.69, 9.17) is 4.74 Å². The van der Waals surface area contributed by atoms with E-state index >= 15 is 0 Å². The van der Waals surface area contributed by atoms with Gasteiger partial charge in [-0.1, -0.05) is 30.3 Å². The largest absolute Gasteiger partial charge is 0.467 e. The number of hydrogen-bond acceptors (Lipinski definition) is 7. The van der Waals surface area contributed by atoms with E-state index in [2.05, 4.69) is 14.8 Å². The number of methoxy groups -OCH3 is 1. The van der Waals surface area contributed by atoms with E-state index in [9.17, 15) is 19.2 Å². The smallest absolute Gasteiger partial charge is 0.396 e. The van der Waals surface area contributed by atoms with E-state index < -0.39 is 29.9 Å². The summed E-state index contributed by atoms with van der Waals surface area (Å²) < 4.78 is 14.3. The first kappa shape index (κ1) is 21.1. The number of carbonyl (C=O) groups is 4. The zero-order chi connectivity index (χ0) is 19.4. The predicted molar refractivity (Wildman–Crippen MR) is 90.7 cm³/mol. The van der Waals surface area contributed by atoms with E-state index in [0.29, 0.717) is 0 Å². The summed E-state index contributed by atoms with van der Waals surface area (Å²) in [5.74, 6) is -3.24. The zero-order valence-electron chi connectivity index (χ0n) is 14.9. The van der Waals surface area contributed by atoms with Gasteiger partial charge in [-0.3, -0.25) is 9.59 Å². The van der Waals surface area contributed by atoms with Crippen molar-refractivity contribution < 1.29 is 33.4 Å². The molecule has 0 aliphatic carbocycles. The molecular formula is C18H23NO7. The Balaban J connectivity index is 2.41. The van der Waals surface area contributed by atoms with Crippen LogP contribution in [0.5, 0.6) is 0 Å². The summed E-state index contributed by atoms with van der Waals surface area (Å²) in [6, 6.07) is 8.19. The Morgan fingerprint density at radius 1 is 1.08 bits per heavy atom. The van der Waals surface area contributed by atoms with Gasteiger partial charge < -0.3 is 19.5 Å². The van der Waals surface area contributed by atoms with Gasteiger partial charge in [0, 0.05) is 6.42 Å². The van der Waals surface area contributed by atoms with Crippen LogP contribution in [0.3, 0.4) is 0 Å². The Morgan fingerprint density at radius 3 is 2.38 bits per heavy atom. The SMILES string of the molecule is CCOC(=O)C(=O)NC(CCCC(=O)OCc1ccccc1)C(=O)OC. The molecule has 1 aromatic carbocycles. The molecule has 0 spiro atoms.